The molecule has 0 atom stereocenters. The number of ether oxygens (including phenoxy) is 2. The highest BCUT2D eigenvalue weighted by molar-refractivity contribution is 7.80. The van der Waals surface area contributed by atoms with Crippen LogP contribution in [0.25, 0.3) is 0 Å². The number of hydrogen-bond acceptors (Lipinski definition) is 5. The lowest BCUT2D eigenvalue weighted by molar-refractivity contribution is 0.388. The SMILES string of the molecule is COc1ccc(NC(=S)N2CCN(c3ccc(O)cc3)CC2)c(OC)c1. The first-order chi connectivity index (χ1) is 12.6. The number of hydrogen-bond donors (Lipinski definition) is 2. The van der Waals surface area contributed by atoms with E-state index in [2.05, 4.69) is 15.1 Å². The maximum atomic E-state index is 9.42. The largest absolute Gasteiger partial charge is 0.508 e. The van der Waals surface area contributed by atoms with Crippen LogP contribution in [0.1, 0.15) is 0 Å². The number of phenolic OH excluding ortho intramolecular Hbond substituents is 1. The molecule has 138 valence electrons. The molecule has 7 heteroatoms. The van der Waals surface area contributed by atoms with Crippen molar-refractivity contribution in [3.63, 3.8) is 0 Å². The molecule has 0 spiro atoms. The Morgan fingerprint density at radius 3 is 2.31 bits per heavy atom. The van der Waals surface area contributed by atoms with E-state index >= 15 is 0 Å². The van der Waals surface area contributed by atoms with Gasteiger partial charge in [0, 0.05) is 37.9 Å². The number of aromatic hydroxyl groups is 1. The Morgan fingerprint density at radius 1 is 1.00 bits per heavy atom. The average molecular weight is 373 g/mol. The van der Waals surface area contributed by atoms with Gasteiger partial charge in [0.25, 0.3) is 0 Å². The fraction of sp³-hybridized carbons (Fsp3) is 0.316. The minimum atomic E-state index is 0.284. The van der Waals surface area contributed by atoms with Crippen LogP contribution in [0, 0.1) is 0 Å². The Balaban J connectivity index is 1.59. The van der Waals surface area contributed by atoms with Gasteiger partial charge in [-0.1, -0.05) is 0 Å². The molecule has 1 saturated heterocycles. The quantitative estimate of drug-likeness (QED) is 0.799. The number of piperazine rings is 1. The Bertz CT molecular complexity index is 759. The minimum absolute atomic E-state index is 0.284. The molecule has 0 saturated carbocycles. The van der Waals surface area contributed by atoms with E-state index < -0.39 is 0 Å². The van der Waals surface area contributed by atoms with Gasteiger partial charge in [0.15, 0.2) is 5.11 Å². The van der Waals surface area contributed by atoms with Gasteiger partial charge in [-0.15, -0.1) is 0 Å². The van der Waals surface area contributed by atoms with Gasteiger partial charge in [-0.2, -0.15) is 0 Å². The number of phenols is 1. The first-order valence-corrected chi connectivity index (χ1v) is 8.83. The molecule has 0 aliphatic carbocycles. The van der Waals surface area contributed by atoms with E-state index in [1.54, 1.807) is 26.4 Å². The molecule has 0 aromatic heterocycles. The molecule has 1 aliphatic heterocycles. The van der Waals surface area contributed by atoms with Gasteiger partial charge >= 0.3 is 0 Å². The highest BCUT2D eigenvalue weighted by Crippen LogP contribution is 2.29. The number of anilines is 2. The molecule has 1 heterocycles. The third-order valence-corrected chi connectivity index (χ3v) is 4.79. The smallest absolute Gasteiger partial charge is 0.173 e. The van der Waals surface area contributed by atoms with Crippen molar-refractivity contribution >= 4 is 28.7 Å². The Hall–Kier alpha value is -2.67. The predicted octanol–water partition coefficient (Wildman–Crippen LogP) is 2.93. The fourth-order valence-corrected chi connectivity index (χ4v) is 3.22. The van der Waals surface area contributed by atoms with Gasteiger partial charge < -0.3 is 29.7 Å². The lowest BCUT2D eigenvalue weighted by Crippen LogP contribution is -2.50. The first kappa shape index (κ1) is 18.1. The molecule has 2 aromatic carbocycles. The second kappa shape index (κ2) is 8.14. The summed E-state index contributed by atoms with van der Waals surface area (Å²) in [6.07, 6.45) is 0. The summed E-state index contributed by atoms with van der Waals surface area (Å²) in [6, 6.07) is 12.9. The van der Waals surface area contributed by atoms with Gasteiger partial charge in [-0.25, -0.2) is 0 Å². The fourth-order valence-electron chi connectivity index (χ4n) is 2.93. The van der Waals surface area contributed by atoms with Crippen LogP contribution in [0.15, 0.2) is 42.5 Å². The minimum Gasteiger partial charge on any atom is -0.508 e. The Morgan fingerprint density at radius 2 is 1.69 bits per heavy atom. The Kier molecular flexibility index (Phi) is 5.68. The molecule has 0 amide bonds. The second-order valence-corrected chi connectivity index (χ2v) is 6.37. The first-order valence-electron chi connectivity index (χ1n) is 8.42. The van der Waals surface area contributed by atoms with E-state index in [1.165, 1.54) is 0 Å². The predicted molar refractivity (Wildman–Crippen MR) is 108 cm³/mol. The van der Waals surface area contributed by atoms with Crippen molar-refractivity contribution in [2.24, 2.45) is 0 Å². The number of nitrogens with zero attached hydrogens (tertiary/aromatic N) is 2. The molecule has 0 radical (unpaired) electrons. The second-order valence-electron chi connectivity index (χ2n) is 5.99. The number of thiocarbonyl (C=S) groups is 1. The van der Waals surface area contributed by atoms with Crippen LogP contribution in [0.2, 0.25) is 0 Å². The summed E-state index contributed by atoms with van der Waals surface area (Å²) in [5.41, 5.74) is 1.93. The van der Waals surface area contributed by atoms with E-state index in [0.717, 1.165) is 43.3 Å². The maximum absolute atomic E-state index is 9.42. The van der Waals surface area contributed by atoms with E-state index in [9.17, 15) is 5.11 Å². The van der Waals surface area contributed by atoms with E-state index in [-0.39, 0.29) is 5.75 Å². The topological polar surface area (TPSA) is 57.2 Å². The van der Waals surface area contributed by atoms with Crippen molar-refractivity contribution in [3.8, 4) is 17.2 Å². The van der Waals surface area contributed by atoms with Crippen LogP contribution in [-0.4, -0.2) is 55.5 Å². The van der Waals surface area contributed by atoms with E-state index in [0.29, 0.717) is 10.9 Å². The van der Waals surface area contributed by atoms with Gasteiger partial charge in [-0.3, -0.25) is 0 Å². The standard InChI is InChI=1S/C19H23N3O3S/c1-24-16-7-8-17(18(13-16)25-2)20-19(26)22-11-9-21(10-12-22)14-3-5-15(23)6-4-14/h3-8,13,23H,9-12H2,1-2H3,(H,20,26). The number of rotatable bonds is 4. The van der Waals surface area contributed by atoms with Gasteiger partial charge in [0.1, 0.15) is 17.2 Å². The number of nitrogens with one attached hydrogen (secondary N) is 1. The number of methoxy groups -OCH3 is 2. The van der Waals surface area contributed by atoms with Crippen LogP contribution in [0.4, 0.5) is 11.4 Å². The van der Waals surface area contributed by atoms with Crippen molar-refractivity contribution in [3.05, 3.63) is 42.5 Å². The summed E-state index contributed by atoms with van der Waals surface area (Å²) in [5, 5.41) is 13.4. The molecular weight excluding hydrogens is 350 g/mol. The molecule has 0 bridgehead atoms. The zero-order chi connectivity index (χ0) is 18.5. The van der Waals surface area contributed by atoms with Crippen molar-refractivity contribution in [1.82, 2.24) is 4.90 Å². The maximum Gasteiger partial charge on any atom is 0.173 e. The third kappa shape index (κ3) is 4.11. The summed E-state index contributed by atoms with van der Waals surface area (Å²) >= 11 is 5.57. The van der Waals surface area contributed by atoms with Crippen molar-refractivity contribution in [1.29, 1.82) is 0 Å². The molecule has 6 nitrogen and oxygen atoms in total. The lowest BCUT2D eigenvalue weighted by atomic mass is 10.2. The summed E-state index contributed by atoms with van der Waals surface area (Å²) in [7, 11) is 3.25. The molecule has 2 aromatic rings. The molecule has 3 rings (SSSR count). The third-order valence-electron chi connectivity index (χ3n) is 4.43. The van der Waals surface area contributed by atoms with Crippen molar-refractivity contribution < 1.29 is 14.6 Å². The highest BCUT2D eigenvalue weighted by Gasteiger charge is 2.20. The van der Waals surface area contributed by atoms with E-state index in [4.69, 9.17) is 21.7 Å². The summed E-state index contributed by atoms with van der Waals surface area (Å²) < 4.78 is 10.6. The zero-order valence-corrected chi connectivity index (χ0v) is 15.8. The summed E-state index contributed by atoms with van der Waals surface area (Å²) in [4.78, 5) is 4.43. The lowest BCUT2D eigenvalue weighted by Gasteiger charge is -2.37. The van der Waals surface area contributed by atoms with Crippen molar-refractivity contribution in [2.45, 2.75) is 0 Å². The van der Waals surface area contributed by atoms with Gasteiger partial charge in [0.2, 0.25) is 0 Å². The zero-order valence-electron chi connectivity index (χ0n) is 14.9. The molecule has 2 N–H and O–H groups in total. The van der Waals surface area contributed by atoms with Crippen LogP contribution in [0.3, 0.4) is 0 Å². The molecular formula is C19H23N3O3S. The van der Waals surface area contributed by atoms with Crippen molar-refractivity contribution in [2.75, 3.05) is 50.6 Å². The molecule has 1 fully saturated rings. The monoisotopic (exact) mass is 373 g/mol. The van der Waals surface area contributed by atoms with E-state index in [1.807, 2.05) is 30.3 Å². The average Bonchev–Trinajstić information content (AvgIpc) is 2.69. The van der Waals surface area contributed by atoms with Gasteiger partial charge in [-0.05, 0) is 48.6 Å². The van der Waals surface area contributed by atoms with Crippen LogP contribution >= 0.6 is 12.2 Å². The Labute approximate surface area is 158 Å². The summed E-state index contributed by atoms with van der Waals surface area (Å²) in [6.45, 7) is 3.38. The normalized spacial score (nSPS) is 14.1. The molecule has 1 aliphatic rings. The van der Waals surface area contributed by atoms with Gasteiger partial charge in [0.05, 0.1) is 19.9 Å². The molecule has 0 unspecified atom stereocenters. The van der Waals surface area contributed by atoms with Crippen LogP contribution in [-0.2, 0) is 0 Å². The molecule has 26 heavy (non-hydrogen) atoms. The summed E-state index contributed by atoms with van der Waals surface area (Å²) in [5.74, 6) is 1.71. The van der Waals surface area contributed by atoms with Crippen LogP contribution < -0.4 is 19.7 Å². The highest BCUT2D eigenvalue weighted by atomic mass is 32.1. The number of benzene rings is 2. The van der Waals surface area contributed by atoms with Crippen LogP contribution in [0.5, 0.6) is 17.2 Å².